The van der Waals surface area contributed by atoms with Gasteiger partial charge in [-0.15, -0.1) is 0 Å². The van der Waals surface area contributed by atoms with Gasteiger partial charge in [0.2, 0.25) is 11.7 Å². The molecule has 1 fully saturated rings. The van der Waals surface area contributed by atoms with Crippen molar-refractivity contribution in [1.29, 1.82) is 0 Å². The largest absolute Gasteiger partial charge is 0.493 e. The number of carbonyl (C=O) groups excluding carboxylic acids is 1. The maximum atomic E-state index is 12.7. The highest BCUT2D eigenvalue weighted by Gasteiger charge is 2.33. The van der Waals surface area contributed by atoms with Crippen LogP contribution < -0.4 is 25.3 Å². The van der Waals surface area contributed by atoms with E-state index < -0.39 is 0 Å². The molecule has 1 aliphatic heterocycles. The number of amides is 1. The first kappa shape index (κ1) is 21.0. The molecule has 0 aromatic heterocycles. The van der Waals surface area contributed by atoms with Crippen LogP contribution in [0.4, 0.5) is 5.69 Å². The van der Waals surface area contributed by atoms with E-state index in [0.717, 1.165) is 13.1 Å². The summed E-state index contributed by atoms with van der Waals surface area (Å²) in [5.74, 6) is 2.07. The molecule has 0 unspecified atom stereocenters. The van der Waals surface area contributed by atoms with Gasteiger partial charge in [-0.05, 0) is 18.0 Å². The van der Waals surface area contributed by atoms with Gasteiger partial charge in [-0.25, -0.2) is 0 Å². The van der Waals surface area contributed by atoms with Crippen molar-refractivity contribution in [2.24, 2.45) is 11.7 Å². The Labute approximate surface area is 171 Å². The van der Waals surface area contributed by atoms with E-state index in [1.165, 1.54) is 5.56 Å². The van der Waals surface area contributed by atoms with Crippen molar-refractivity contribution in [3.63, 3.8) is 0 Å². The second-order valence-electron chi connectivity index (χ2n) is 7.17. The molecule has 2 aromatic rings. The molecule has 2 aromatic carbocycles. The summed E-state index contributed by atoms with van der Waals surface area (Å²) in [6, 6.07) is 13.8. The molecule has 1 saturated heterocycles. The van der Waals surface area contributed by atoms with Gasteiger partial charge in [0.25, 0.3) is 0 Å². The SMILES string of the molecule is COc1cc(NC(=O)CN2C[C@@H](CN)[C@H](c3ccccc3)C2)cc(OC)c1OC. The zero-order valence-electron chi connectivity index (χ0n) is 17.2. The average Bonchev–Trinajstić information content (AvgIpc) is 3.16. The summed E-state index contributed by atoms with van der Waals surface area (Å²) in [4.78, 5) is 14.8. The molecule has 29 heavy (non-hydrogen) atoms. The minimum absolute atomic E-state index is 0.0937. The van der Waals surface area contributed by atoms with Gasteiger partial charge in [0, 0.05) is 36.8 Å². The van der Waals surface area contributed by atoms with Crippen molar-refractivity contribution in [3.05, 3.63) is 48.0 Å². The summed E-state index contributed by atoms with van der Waals surface area (Å²) in [5, 5.41) is 2.93. The molecule has 3 N–H and O–H groups in total. The molecule has 0 bridgehead atoms. The number of ether oxygens (including phenoxy) is 3. The fourth-order valence-electron chi connectivity index (χ4n) is 3.96. The Morgan fingerprint density at radius 2 is 1.72 bits per heavy atom. The van der Waals surface area contributed by atoms with Crippen LogP contribution in [0, 0.1) is 5.92 Å². The number of hydrogen-bond donors (Lipinski definition) is 2. The van der Waals surface area contributed by atoms with Crippen LogP contribution in [0.3, 0.4) is 0 Å². The highest BCUT2D eigenvalue weighted by Crippen LogP contribution is 2.40. The maximum absolute atomic E-state index is 12.7. The highest BCUT2D eigenvalue weighted by atomic mass is 16.5. The second kappa shape index (κ2) is 9.62. The summed E-state index contributed by atoms with van der Waals surface area (Å²) in [6.45, 7) is 2.52. The molecule has 2 atom stereocenters. The highest BCUT2D eigenvalue weighted by molar-refractivity contribution is 5.93. The minimum Gasteiger partial charge on any atom is -0.493 e. The van der Waals surface area contributed by atoms with Gasteiger partial charge >= 0.3 is 0 Å². The van der Waals surface area contributed by atoms with Crippen LogP contribution in [-0.2, 0) is 4.79 Å². The first-order valence-corrected chi connectivity index (χ1v) is 9.66. The second-order valence-corrected chi connectivity index (χ2v) is 7.17. The van der Waals surface area contributed by atoms with Gasteiger partial charge in [0.1, 0.15) is 0 Å². The lowest BCUT2D eigenvalue weighted by atomic mass is 9.89. The number of likely N-dealkylation sites (tertiary alicyclic amines) is 1. The number of nitrogens with zero attached hydrogens (tertiary/aromatic N) is 1. The molecular weight excluding hydrogens is 370 g/mol. The van der Waals surface area contributed by atoms with E-state index in [0.29, 0.717) is 47.9 Å². The third-order valence-electron chi connectivity index (χ3n) is 5.36. The number of methoxy groups -OCH3 is 3. The van der Waals surface area contributed by atoms with E-state index in [4.69, 9.17) is 19.9 Å². The van der Waals surface area contributed by atoms with Crippen molar-refractivity contribution in [2.45, 2.75) is 5.92 Å². The molecule has 7 heteroatoms. The molecule has 1 aliphatic rings. The van der Waals surface area contributed by atoms with Crippen molar-refractivity contribution < 1.29 is 19.0 Å². The Balaban J connectivity index is 1.67. The molecular formula is C22H29N3O4. The van der Waals surface area contributed by atoms with E-state index in [1.54, 1.807) is 33.5 Å². The summed E-state index contributed by atoms with van der Waals surface area (Å²) in [5.41, 5.74) is 7.87. The van der Waals surface area contributed by atoms with Crippen molar-refractivity contribution in [1.82, 2.24) is 4.90 Å². The van der Waals surface area contributed by atoms with Gasteiger partial charge < -0.3 is 25.3 Å². The van der Waals surface area contributed by atoms with Gasteiger partial charge in [-0.2, -0.15) is 0 Å². The normalized spacial score (nSPS) is 19.0. The topological polar surface area (TPSA) is 86.1 Å². The monoisotopic (exact) mass is 399 g/mol. The Kier molecular flexibility index (Phi) is 6.95. The lowest BCUT2D eigenvalue weighted by molar-refractivity contribution is -0.117. The van der Waals surface area contributed by atoms with Crippen LogP contribution in [0.15, 0.2) is 42.5 Å². The van der Waals surface area contributed by atoms with Crippen LogP contribution in [0.5, 0.6) is 17.2 Å². The molecule has 7 nitrogen and oxygen atoms in total. The number of rotatable bonds is 8. The van der Waals surface area contributed by atoms with E-state index in [-0.39, 0.29) is 5.91 Å². The molecule has 0 saturated carbocycles. The fourth-order valence-corrected chi connectivity index (χ4v) is 3.96. The minimum atomic E-state index is -0.0937. The molecule has 3 rings (SSSR count). The van der Waals surface area contributed by atoms with E-state index in [9.17, 15) is 4.79 Å². The van der Waals surface area contributed by atoms with Gasteiger partial charge in [-0.3, -0.25) is 9.69 Å². The summed E-state index contributed by atoms with van der Waals surface area (Å²) in [6.07, 6.45) is 0. The number of hydrogen-bond acceptors (Lipinski definition) is 6. The Hall–Kier alpha value is -2.77. The van der Waals surface area contributed by atoms with Crippen LogP contribution in [0.1, 0.15) is 11.5 Å². The predicted octanol–water partition coefficient (Wildman–Crippen LogP) is 2.33. The van der Waals surface area contributed by atoms with Gasteiger partial charge in [0.15, 0.2) is 11.5 Å². The Morgan fingerprint density at radius 1 is 1.07 bits per heavy atom. The van der Waals surface area contributed by atoms with Gasteiger partial charge in [0.05, 0.1) is 27.9 Å². The quantitative estimate of drug-likeness (QED) is 0.709. The number of benzene rings is 2. The molecule has 0 radical (unpaired) electrons. The molecule has 0 spiro atoms. The standard InChI is InChI=1S/C22H29N3O4/c1-27-19-9-17(10-20(28-2)22(19)29-3)24-21(26)14-25-12-16(11-23)18(13-25)15-7-5-4-6-8-15/h4-10,16,18H,11-14,23H2,1-3H3,(H,24,26)/t16-,18+/m1/s1. The number of nitrogens with two attached hydrogens (primary N) is 1. The first-order chi connectivity index (χ1) is 14.1. The molecule has 1 amide bonds. The zero-order valence-corrected chi connectivity index (χ0v) is 17.2. The van der Waals surface area contributed by atoms with Crippen molar-refractivity contribution in [2.75, 3.05) is 52.8 Å². The molecule has 1 heterocycles. The summed E-state index contributed by atoms with van der Waals surface area (Å²) >= 11 is 0. The Bertz CT molecular complexity index is 803. The summed E-state index contributed by atoms with van der Waals surface area (Å²) < 4.78 is 16.0. The van der Waals surface area contributed by atoms with E-state index >= 15 is 0 Å². The van der Waals surface area contributed by atoms with Gasteiger partial charge in [-0.1, -0.05) is 30.3 Å². The maximum Gasteiger partial charge on any atom is 0.238 e. The summed E-state index contributed by atoms with van der Waals surface area (Å²) in [7, 11) is 4.64. The number of anilines is 1. The number of carbonyl (C=O) groups is 1. The van der Waals surface area contributed by atoms with E-state index in [2.05, 4.69) is 22.3 Å². The van der Waals surface area contributed by atoms with E-state index in [1.807, 2.05) is 18.2 Å². The van der Waals surface area contributed by atoms with Crippen molar-refractivity contribution in [3.8, 4) is 17.2 Å². The van der Waals surface area contributed by atoms with Crippen molar-refractivity contribution >= 4 is 11.6 Å². The molecule has 156 valence electrons. The van der Waals surface area contributed by atoms with Crippen LogP contribution in [0.25, 0.3) is 0 Å². The Morgan fingerprint density at radius 3 is 2.28 bits per heavy atom. The third-order valence-corrected chi connectivity index (χ3v) is 5.36. The molecule has 0 aliphatic carbocycles. The third kappa shape index (κ3) is 4.81. The average molecular weight is 399 g/mol. The predicted molar refractivity (Wildman–Crippen MR) is 113 cm³/mol. The van der Waals surface area contributed by atoms with Crippen LogP contribution in [0.2, 0.25) is 0 Å². The fraction of sp³-hybridized carbons (Fsp3) is 0.409. The lowest BCUT2D eigenvalue weighted by Gasteiger charge is -2.17. The lowest BCUT2D eigenvalue weighted by Crippen LogP contribution is -2.32. The zero-order chi connectivity index (χ0) is 20.8. The number of nitrogens with one attached hydrogen (secondary N) is 1. The first-order valence-electron chi connectivity index (χ1n) is 9.66. The smallest absolute Gasteiger partial charge is 0.238 e. The van der Waals surface area contributed by atoms with Crippen LogP contribution >= 0.6 is 0 Å². The van der Waals surface area contributed by atoms with Crippen LogP contribution in [-0.4, -0.2) is 58.3 Å².